The molecule has 2 aromatic carbocycles. The van der Waals surface area contributed by atoms with E-state index >= 15 is 0 Å². The van der Waals surface area contributed by atoms with Crippen LogP contribution in [0.1, 0.15) is 18.9 Å². The Labute approximate surface area is 157 Å². The fourth-order valence-corrected chi connectivity index (χ4v) is 4.31. The zero-order valence-electron chi connectivity index (χ0n) is 14.5. The van der Waals surface area contributed by atoms with Crippen molar-refractivity contribution in [2.75, 3.05) is 23.3 Å². The number of benzene rings is 2. The van der Waals surface area contributed by atoms with Crippen LogP contribution in [0.4, 0.5) is 11.4 Å². The molecule has 0 aromatic heterocycles. The number of aryl methyl sites for hydroxylation is 1. The van der Waals surface area contributed by atoms with Crippen molar-refractivity contribution in [1.82, 2.24) is 0 Å². The molecule has 2 aromatic rings. The summed E-state index contributed by atoms with van der Waals surface area (Å²) in [6.07, 6.45) is 1.52. The minimum atomic E-state index is -3.83. The third-order valence-corrected chi connectivity index (χ3v) is 5.86. The van der Waals surface area contributed by atoms with Crippen LogP contribution in [0, 0.1) is 0 Å². The molecular formula is C18H19ClN2O4S. The van der Waals surface area contributed by atoms with E-state index in [9.17, 15) is 13.2 Å². The lowest BCUT2D eigenvalue weighted by molar-refractivity contribution is -0.116. The highest BCUT2D eigenvalue weighted by atomic mass is 35.5. The second-order valence-electron chi connectivity index (χ2n) is 6.01. The zero-order valence-corrected chi connectivity index (χ0v) is 16.0. The van der Waals surface area contributed by atoms with Crippen LogP contribution < -0.4 is 14.4 Å². The number of nitrogens with one attached hydrogen (secondary N) is 1. The number of hydrogen-bond acceptors (Lipinski definition) is 4. The van der Waals surface area contributed by atoms with Gasteiger partial charge in [0.1, 0.15) is 5.75 Å². The number of amides is 1. The number of nitrogens with zero attached hydrogens (tertiary/aromatic N) is 1. The van der Waals surface area contributed by atoms with Crippen molar-refractivity contribution < 1.29 is 17.9 Å². The van der Waals surface area contributed by atoms with E-state index in [1.807, 2.05) is 0 Å². The van der Waals surface area contributed by atoms with E-state index in [1.165, 1.54) is 26.2 Å². The number of anilines is 2. The quantitative estimate of drug-likeness (QED) is 0.861. The number of sulfonamides is 1. The molecule has 3 rings (SSSR count). The molecule has 1 aliphatic heterocycles. The lowest BCUT2D eigenvalue weighted by Crippen LogP contribution is -2.33. The van der Waals surface area contributed by atoms with Gasteiger partial charge < -0.3 is 9.64 Å². The molecular weight excluding hydrogens is 376 g/mol. The molecule has 0 atom stereocenters. The first-order valence-corrected chi connectivity index (χ1v) is 9.95. The average molecular weight is 395 g/mol. The van der Waals surface area contributed by atoms with Gasteiger partial charge in [0.25, 0.3) is 10.0 Å². The molecule has 6 nitrogen and oxygen atoms in total. The number of rotatable bonds is 4. The summed E-state index contributed by atoms with van der Waals surface area (Å²) in [7, 11) is -2.37. The van der Waals surface area contributed by atoms with Gasteiger partial charge in [0.15, 0.2) is 0 Å². The number of halogens is 1. The van der Waals surface area contributed by atoms with Crippen LogP contribution in [0.5, 0.6) is 5.75 Å². The maximum atomic E-state index is 12.8. The molecule has 8 heteroatoms. The van der Waals surface area contributed by atoms with E-state index < -0.39 is 10.0 Å². The van der Waals surface area contributed by atoms with E-state index in [0.29, 0.717) is 17.3 Å². The van der Waals surface area contributed by atoms with Crippen LogP contribution in [0.3, 0.4) is 0 Å². The SMILES string of the molecule is COc1ccc(Cl)cc1NS(=O)(=O)c1ccc2c(c1)CCCN2C(C)=O. The second-order valence-corrected chi connectivity index (χ2v) is 8.13. The van der Waals surface area contributed by atoms with Gasteiger partial charge in [-0.15, -0.1) is 0 Å². The fraction of sp³-hybridized carbons (Fsp3) is 0.278. The predicted molar refractivity (Wildman–Crippen MR) is 102 cm³/mol. The predicted octanol–water partition coefficient (Wildman–Crippen LogP) is 3.45. The first-order chi connectivity index (χ1) is 12.3. The summed E-state index contributed by atoms with van der Waals surface area (Å²) in [6, 6.07) is 9.50. The van der Waals surface area contributed by atoms with Gasteiger partial charge in [-0.2, -0.15) is 0 Å². The summed E-state index contributed by atoms with van der Waals surface area (Å²) in [5.41, 5.74) is 1.87. The smallest absolute Gasteiger partial charge is 0.262 e. The van der Waals surface area contributed by atoms with E-state index in [4.69, 9.17) is 16.3 Å². The molecule has 0 spiro atoms. The molecule has 0 saturated heterocycles. The van der Waals surface area contributed by atoms with Crippen LogP contribution in [0.2, 0.25) is 5.02 Å². The summed E-state index contributed by atoms with van der Waals surface area (Å²) in [5, 5.41) is 0.394. The van der Waals surface area contributed by atoms with Crippen molar-refractivity contribution in [3.05, 3.63) is 47.0 Å². The van der Waals surface area contributed by atoms with Gasteiger partial charge in [-0.05, 0) is 54.8 Å². The van der Waals surface area contributed by atoms with Gasteiger partial charge >= 0.3 is 0 Å². The third kappa shape index (κ3) is 3.64. The Hall–Kier alpha value is -2.25. The van der Waals surface area contributed by atoms with Gasteiger partial charge in [-0.1, -0.05) is 11.6 Å². The molecule has 0 unspecified atom stereocenters. The highest BCUT2D eigenvalue weighted by Gasteiger charge is 2.23. The van der Waals surface area contributed by atoms with Crippen molar-refractivity contribution in [3.8, 4) is 5.75 Å². The zero-order chi connectivity index (χ0) is 18.9. The Morgan fingerprint density at radius 2 is 2.00 bits per heavy atom. The summed E-state index contributed by atoms with van der Waals surface area (Å²) in [4.78, 5) is 13.6. The molecule has 1 amide bonds. The van der Waals surface area contributed by atoms with Gasteiger partial charge in [0.05, 0.1) is 17.7 Å². The standard InChI is InChI=1S/C18H19ClN2O4S/c1-12(22)21-9-3-4-13-10-15(6-7-17(13)21)26(23,24)20-16-11-14(19)5-8-18(16)25-2/h5-8,10-11,20H,3-4,9H2,1-2H3. The van der Waals surface area contributed by atoms with E-state index in [0.717, 1.165) is 24.1 Å². The van der Waals surface area contributed by atoms with E-state index in [-0.39, 0.29) is 16.5 Å². The highest BCUT2D eigenvalue weighted by molar-refractivity contribution is 7.92. The molecule has 0 bridgehead atoms. The van der Waals surface area contributed by atoms with Crippen LogP contribution in [0.25, 0.3) is 0 Å². The lowest BCUT2D eigenvalue weighted by atomic mass is 10.0. The van der Waals surface area contributed by atoms with Crippen LogP contribution in [0.15, 0.2) is 41.3 Å². The molecule has 0 saturated carbocycles. The Morgan fingerprint density at radius 3 is 2.69 bits per heavy atom. The largest absolute Gasteiger partial charge is 0.495 e. The Kier molecular flexibility index (Phi) is 5.11. The Balaban J connectivity index is 1.96. The second kappa shape index (κ2) is 7.17. The van der Waals surface area contributed by atoms with Crippen LogP contribution in [-0.2, 0) is 21.2 Å². The molecule has 26 heavy (non-hydrogen) atoms. The third-order valence-electron chi connectivity index (χ3n) is 4.27. The number of ether oxygens (including phenoxy) is 1. The molecule has 0 aliphatic carbocycles. The summed E-state index contributed by atoms with van der Waals surface area (Å²) >= 11 is 5.96. The van der Waals surface area contributed by atoms with Crippen molar-refractivity contribution >= 4 is 38.9 Å². The van der Waals surface area contributed by atoms with Crippen LogP contribution in [-0.4, -0.2) is 28.0 Å². The van der Waals surface area contributed by atoms with Crippen molar-refractivity contribution in [3.63, 3.8) is 0 Å². The summed E-state index contributed by atoms with van der Waals surface area (Å²) in [5.74, 6) is 0.321. The van der Waals surface area contributed by atoms with Crippen molar-refractivity contribution in [2.45, 2.75) is 24.7 Å². The van der Waals surface area contributed by atoms with Gasteiger partial charge in [0, 0.05) is 24.2 Å². The minimum absolute atomic E-state index is 0.0525. The molecule has 0 fully saturated rings. The van der Waals surface area contributed by atoms with E-state index in [1.54, 1.807) is 29.2 Å². The highest BCUT2D eigenvalue weighted by Crippen LogP contribution is 2.32. The number of fused-ring (bicyclic) bond motifs is 1. The lowest BCUT2D eigenvalue weighted by Gasteiger charge is -2.28. The van der Waals surface area contributed by atoms with Crippen molar-refractivity contribution in [2.24, 2.45) is 0 Å². The number of hydrogen-bond donors (Lipinski definition) is 1. The maximum absolute atomic E-state index is 12.8. The van der Waals surface area contributed by atoms with E-state index in [2.05, 4.69) is 4.72 Å². The van der Waals surface area contributed by atoms with Crippen molar-refractivity contribution in [1.29, 1.82) is 0 Å². The normalized spacial score (nSPS) is 13.9. The number of methoxy groups -OCH3 is 1. The molecule has 1 heterocycles. The number of carbonyl (C=O) groups excluding carboxylic acids is 1. The first kappa shape index (κ1) is 18.5. The topological polar surface area (TPSA) is 75.7 Å². The number of carbonyl (C=O) groups is 1. The molecule has 138 valence electrons. The maximum Gasteiger partial charge on any atom is 0.262 e. The summed E-state index contributed by atoms with van der Waals surface area (Å²) < 4.78 is 33.3. The van der Waals surface area contributed by atoms with Gasteiger partial charge in [0.2, 0.25) is 5.91 Å². The van der Waals surface area contributed by atoms with Gasteiger partial charge in [-0.3, -0.25) is 9.52 Å². The molecule has 1 aliphatic rings. The summed E-state index contributed by atoms with van der Waals surface area (Å²) in [6.45, 7) is 2.15. The molecule has 1 N–H and O–H groups in total. The van der Waals surface area contributed by atoms with Crippen LogP contribution >= 0.6 is 11.6 Å². The molecule has 0 radical (unpaired) electrons. The Bertz CT molecular complexity index is 960. The Morgan fingerprint density at radius 1 is 1.23 bits per heavy atom. The monoisotopic (exact) mass is 394 g/mol. The minimum Gasteiger partial charge on any atom is -0.495 e. The first-order valence-electron chi connectivity index (χ1n) is 8.09. The fourth-order valence-electron chi connectivity index (χ4n) is 3.03. The average Bonchev–Trinajstić information content (AvgIpc) is 2.60. The van der Waals surface area contributed by atoms with Gasteiger partial charge in [-0.25, -0.2) is 8.42 Å².